The van der Waals surface area contributed by atoms with Gasteiger partial charge in [-0.05, 0) is 43.5 Å². The molecule has 0 bridgehead atoms. The largest absolute Gasteiger partial charge is 0.493 e. The Kier molecular flexibility index (Phi) is 7.47. The van der Waals surface area contributed by atoms with Crippen LogP contribution in [0.3, 0.4) is 0 Å². The number of hydrogen-bond acceptors (Lipinski definition) is 5. The van der Waals surface area contributed by atoms with Crippen molar-refractivity contribution in [2.24, 2.45) is 5.92 Å². The first-order valence-electron chi connectivity index (χ1n) is 9.35. The summed E-state index contributed by atoms with van der Waals surface area (Å²) in [7, 11) is 3.18. The molecular weight excluding hydrogens is 348 g/mol. The third-order valence-electron chi connectivity index (χ3n) is 5.16. The van der Waals surface area contributed by atoms with Crippen molar-refractivity contribution in [3.8, 4) is 11.5 Å². The molecule has 1 amide bonds. The van der Waals surface area contributed by atoms with E-state index in [0.29, 0.717) is 24.5 Å². The first-order valence-corrected chi connectivity index (χ1v) is 9.35. The smallest absolute Gasteiger partial charge is 0.317 e. The average molecular weight is 378 g/mol. The molecule has 1 aliphatic carbocycles. The van der Waals surface area contributed by atoms with Crippen LogP contribution >= 0.6 is 0 Å². The van der Waals surface area contributed by atoms with Crippen LogP contribution in [0.1, 0.15) is 32.3 Å². The summed E-state index contributed by atoms with van der Waals surface area (Å²) < 4.78 is 10.5. The highest BCUT2D eigenvalue weighted by Crippen LogP contribution is 2.29. The Balaban J connectivity index is 1.82. The summed E-state index contributed by atoms with van der Waals surface area (Å²) >= 11 is 0. The highest BCUT2D eigenvalue weighted by Gasteiger charge is 2.35. The first-order chi connectivity index (χ1) is 12.9. The van der Waals surface area contributed by atoms with Crippen LogP contribution in [0.2, 0.25) is 0 Å². The van der Waals surface area contributed by atoms with Crippen molar-refractivity contribution >= 4 is 11.9 Å². The number of ether oxygens (including phenoxy) is 2. The fraction of sp³-hybridized carbons (Fsp3) is 0.600. The number of hydrogen-bond donors (Lipinski definition) is 2. The maximum absolute atomic E-state index is 12.5. The zero-order valence-corrected chi connectivity index (χ0v) is 16.5. The summed E-state index contributed by atoms with van der Waals surface area (Å²) in [6.07, 6.45) is 2.22. The van der Waals surface area contributed by atoms with E-state index < -0.39 is 5.97 Å². The minimum Gasteiger partial charge on any atom is -0.493 e. The van der Waals surface area contributed by atoms with Gasteiger partial charge in [-0.3, -0.25) is 14.5 Å². The molecule has 1 aromatic carbocycles. The van der Waals surface area contributed by atoms with E-state index in [-0.39, 0.29) is 30.5 Å². The molecule has 1 atom stereocenters. The number of methoxy groups -OCH3 is 2. The standard InChI is InChI=1S/C20H30N2O5/c1-5-22(12-19(23)24)16-10-15(11-16)21-20(25)13(2)8-14-6-7-17(26-3)18(9-14)27-4/h6-7,9,13,15-16H,5,8,10-12H2,1-4H3,(H,21,25)(H,23,24). The summed E-state index contributed by atoms with van der Waals surface area (Å²) in [6.45, 7) is 4.62. The number of carbonyl (C=O) groups is 2. The third kappa shape index (κ3) is 5.60. The van der Waals surface area contributed by atoms with Crippen LogP contribution in [0.4, 0.5) is 0 Å². The van der Waals surface area contributed by atoms with Crippen LogP contribution in [0, 0.1) is 5.92 Å². The molecule has 1 saturated carbocycles. The van der Waals surface area contributed by atoms with Gasteiger partial charge in [0, 0.05) is 18.0 Å². The summed E-state index contributed by atoms with van der Waals surface area (Å²) in [5.74, 6) is 0.370. The predicted octanol–water partition coefficient (Wildman–Crippen LogP) is 1.94. The number of carbonyl (C=O) groups excluding carboxylic acids is 1. The fourth-order valence-electron chi connectivity index (χ4n) is 3.47. The molecule has 2 rings (SSSR count). The minimum absolute atomic E-state index is 0.0227. The monoisotopic (exact) mass is 378 g/mol. The molecule has 1 aromatic rings. The number of amides is 1. The van der Waals surface area contributed by atoms with Crippen LogP contribution in [-0.2, 0) is 16.0 Å². The third-order valence-corrected chi connectivity index (χ3v) is 5.16. The summed E-state index contributed by atoms with van der Waals surface area (Å²) in [4.78, 5) is 25.3. The van der Waals surface area contributed by atoms with E-state index in [1.54, 1.807) is 14.2 Å². The lowest BCUT2D eigenvalue weighted by Crippen LogP contribution is -2.55. The van der Waals surface area contributed by atoms with Gasteiger partial charge in [0.15, 0.2) is 11.5 Å². The minimum atomic E-state index is -0.812. The number of carboxylic acids is 1. The molecule has 0 spiro atoms. The number of nitrogens with one attached hydrogen (secondary N) is 1. The van der Waals surface area contributed by atoms with E-state index in [9.17, 15) is 9.59 Å². The van der Waals surface area contributed by atoms with Crippen molar-refractivity contribution in [2.75, 3.05) is 27.3 Å². The van der Waals surface area contributed by atoms with E-state index >= 15 is 0 Å². The molecule has 27 heavy (non-hydrogen) atoms. The molecule has 0 saturated heterocycles. The molecule has 1 fully saturated rings. The molecule has 0 radical (unpaired) electrons. The van der Waals surface area contributed by atoms with Crippen LogP contribution in [0.5, 0.6) is 11.5 Å². The second-order valence-electron chi connectivity index (χ2n) is 7.08. The molecule has 1 unspecified atom stereocenters. The Morgan fingerprint density at radius 2 is 1.93 bits per heavy atom. The van der Waals surface area contributed by atoms with E-state index in [0.717, 1.165) is 18.4 Å². The average Bonchev–Trinajstić information content (AvgIpc) is 2.62. The van der Waals surface area contributed by atoms with Gasteiger partial charge in [-0.25, -0.2) is 0 Å². The van der Waals surface area contributed by atoms with Crippen molar-refractivity contribution in [1.29, 1.82) is 0 Å². The highest BCUT2D eigenvalue weighted by atomic mass is 16.5. The number of benzene rings is 1. The number of nitrogens with zero attached hydrogens (tertiary/aromatic N) is 1. The number of likely N-dealkylation sites (N-methyl/N-ethyl adjacent to an activating group) is 1. The number of aliphatic carboxylic acids is 1. The van der Waals surface area contributed by atoms with E-state index in [4.69, 9.17) is 14.6 Å². The lowest BCUT2D eigenvalue weighted by Gasteiger charge is -2.42. The summed E-state index contributed by atoms with van der Waals surface area (Å²) in [6, 6.07) is 6.04. The van der Waals surface area contributed by atoms with Crippen molar-refractivity contribution in [3.05, 3.63) is 23.8 Å². The quantitative estimate of drug-likeness (QED) is 0.647. The van der Waals surface area contributed by atoms with Gasteiger partial charge in [0.25, 0.3) is 0 Å². The van der Waals surface area contributed by atoms with Crippen LogP contribution in [0.15, 0.2) is 18.2 Å². The van der Waals surface area contributed by atoms with Crippen LogP contribution in [-0.4, -0.2) is 61.3 Å². The van der Waals surface area contributed by atoms with E-state index in [2.05, 4.69) is 5.32 Å². The Hall–Kier alpha value is -2.28. The maximum Gasteiger partial charge on any atom is 0.317 e. The van der Waals surface area contributed by atoms with Crippen molar-refractivity contribution < 1.29 is 24.2 Å². The molecule has 150 valence electrons. The van der Waals surface area contributed by atoms with Gasteiger partial charge in [-0.2, -0.15) is 0 Å². The van der Waals surface area contributed by atoms with Gasteiger partial charge in [-0.1, -0.05) is 19.9 Å². The number of rotatable bonds is 10. The van der Waals surface area contributed by atoms with Gasteiger partial charge in [0.05, 0.1) is 20.8 Å². The molecule has 2 N–H and O–H groups in total. The van der Waals surface area contributed by atoms with Crippen molar-refractivity contribution in [1.82, 2.24) is 10.2 Å². The Labute approximate surface area is 160 Å². The molecular formula is C20H30N2O5. The predicted molar refractivity (Wildman–Crippen MR) is 102 cm³/mol. The lowest BCUT2D eigenvalue weighted by molar-refractivity contribution is -0.140. The highest BCUT2D eigenvalue weighted by molar-refractivity contribution is 5.79. The Morgan fingerprint density at radius 1 is 1.26 bits per heavy atom. The van der Waals surface area contributed by atoms with E-state index in [1.165, 1.54) is 0 Å². The second kappa shape index (κ2) is 9.60. The van der Waals surface area contributed by atoms with Crippen molar-refractivity contribution in [2.45, 2.75) is 45.2 Å². The SMILES string of the molecule is CCN(CC(=O)O)C1CC(NC(=O)C(C)Cc2ccc(OC)c(OC)c2)C1. The number of carboxylic acid groups (broad SMARTS) is 1. The zero-order valence-electron chi connectivity index (χ0n) is 16.5. The van der Waals surface area contributed by atoms with Gasteiger partial charge in [0.1, 0.15) is 0 Å². The topological polar surface area (TPSA) is 88.1 Å². The Bertz CT molecular complexity index is 658. The summed E-state index contributed by atoms with van der Waals surface area (Å²) in [5, 5.41) is 12.0. The second-order valence-corrected chi connectivity index (χ2v) is 7.08. The molecule has 0 aromatic heterocycles. The van der Waals surface area contributed by atoms with Crippen molar-refractivity contribution in [3.63, 3.8) is 0 Å². The van der Waals surface area contributed by atoms with Crippen LogP contribution < -0.4 is 14.8 Å². The van der Waals surface area contributed by atoms with Crippen LogP contribution in [0.25, 0.3) is 0 Å². The Morgan fingerprint density at radius 3 is 2.48 bits per heavy atom. The molecule has 7 nitrogen and oxygen atoms in total. The molecule has 7 heteroatoms. The zero-order chi connectivity index (χ0) is 20.0. The van der Waals surface area contributed by atoms with Gasteiger partial charge in [-0.15, -0.1) is 0 Å². The van der Waals surface area contributed by atoms with Gasteiger partial charge < -0.3 is 19.9 Å². The molecule has 0 aliphatic heterocycles. The van der Waals surface area contributed by atoms with Gasteiger partial charge >= 0.3 is 5.97 Å². The van der Waals surface area contributed by atoms with Gasteiger partial charge in [0.2, 0.25) is 5.91 Å². The molecule has 1 aliphatic rings. The van der Waals surface area contributed by atoms with E-state index in [1.807, 2.05) is 36.9 Å². The first kappa shape index (κ1) is 21.0. The lowest BCUT2D eigenvalue weighted by atomic mass is 9.84. The summed E-state index contributed by atoms with van der Waals surface area (Å²) in [5.41, 5.74) is 1.01. The molecule has 0 heterocycles. The maximum atomic E-state index is 12.5. The normalized spacial score (nSPS) is 19.9. The fourth-order valence-corrected chi connectivity index (χ4v) is 3.47.